The fraction of sp³-hybridized carbons (Fsp3) is 0.294. The molecule has 1 aliphatic rings. The van der Waals surface area contributed by atoms with E-state index in [9.17, 15) is 4.79 Å². The maximum Gasteiger partial charge on any atom is 0.266 e. The third-order valence-electron chi connectivity index (χ3n) is 3.62. The predicted molar refractivity (Wildman–Crippen MR) is 105 cm³/mol. The molecule has 25 heavy (non-hydrogen) atoms. The van der Waals surface area contributed by atoms with E-state index in [2.05, 4.69) is 15.2 Å². The number of hydrogen-bond acceptors (Lipinski definition) is 7. The van der Waals surface area contributed by atoms with Crippen LogP contribution in [-0.2, 0) is 4.79 Å². The van der Waals surface area contributed by atoms with Crippen molar-refractivity contribution in [2.24, 2.45) is 4.99 Å². The summed E-state index contributed by atoms with van der Waals surface area (Å²) in [5.74, 6) is -0.0239. The SMILES string of the molecule is CCN1C(=O)/C(=C/c2ccc(N(C)C)cc2)S/C1=N/c1nnc(C)s1. The average Bonchev–Trinajstić information content (AvgIpc) is 3.12. The molecule has 1 aromatic heterocycles. The van der Waals surface area contributed by atoms with E-state index in [1.807, 2.05) is 63.2 Å². The van der Waals surface area contributed by atoms with Gasteiger partial charge in [0, 0.05) is 26.3 Å². The van der Waals surface area contributed by atoms with Crippen LogP contribution in [0.5, 0.6) is 0 Å². The fourth-order valence-electron chi connectivity index (χ4n) is 2.30. The monoisotopic (exact) mass is 373 g/mol. The van der Waals surface area contributed by atoms with E-state index in [1.165, 1.54) is 23.1 Å². The Bertz CT molecular complexity index is 839. The number of likely N-dealkylation sites (N-methyl/N-ethyl adjacent to an activating group) is 1. The van der Waals surface area contributed by atoms with Crippen LogP contribution in [0.25, 0.3) is 6.08 Å². The molecule has 0 bridgehead atoms. The summed E-state index contributed by atoms with van der Waals surface area (Å²) in [5, 5.41) is 10.1. The Kier molecular flexibility index (Phi) is 5.19. The normalized spacial score (nSPS) is 17.8. The number of amides is 1. The van der Waals surface area contributed by atoms with Crippen molar-refractivity contribution in [2.45, 2.75) is 13.8 Å². The zero-order valence-electron chi connectivity index (χ0n) is 14.6. The average molecular weight is 374 g/mol. The molecule has 0 spiro atoms. The van der Waals surface area contributed by atoms with Gasteiger partial charge < -0.3 is 4.90 Å². The third kappa shape index (κ3) is 3.91. The minimum atomic E-state index is -0.0239. The van der Waals surface area contributed by atoms with Crippen LogP contribution in [-0.4, -0.2) is 46.8 Å². The molecule has 0 aliphatic carbocycles. The van der Waals surface area contributed by atoms with E-state index in [0.29, 0.717) is 21.7 Å². The van der Waals surface area contributed by atoms with Crippen molar-refractivity contribution >= 4 is 51.1 Å². The van der Waals surface area contributed by atoms with Crippen LogP contribution in [0.15, 0.2) is 34.2 Å². The number of carbonyl (C=O) groups excluding carboxylic acids is 1. The zero-order valence-corrected chi connectivity index (χ0v) is 16.2. The first-order valence-electron chi connectivity index (χ1n) is 7.85. The first-order chi connectivity index (χ1) is 12.0. The summed E-state index contributed by atoms with van der Waals surface area (Å²) in [5.41, 5.74) is 2.11. The number of anilines is 1. The van der Waals surface area contributed by atoms with Crippen molar-refractivity contribution in [3.63, 3.8) is 0 Å². The van der Waals surface area contributed by atoms with Crippen LogP contribution in [0, 0.1) is 6.92 Å². The molecule has 0 radical (unpaired) electrons. The van der Waals surface area contributed by atoms with Crippen LogP contribution < -0.4 is 4.90 Å². The van der Waals surface area contributed by atoms with E-state index in [-0.39, 0.29) is 5.91 Å². The second kappa shape index (κ2) is 7.37. The summed E-state index contributed by atoms with van der Waals surface area (Å²) < 4.78 is 0. The van der Waals surface area contributed by atoms with Crippen molar-refractivity contribution in [3.05, 3.63) is 39.7 Å². The number of amidine groups is 1. The molecule has 8 heteroatoms. The molecule has 1 fully saturated rings. The number of hydrogen-bond donors (Lipinski definition) is 0. The van der Waals surface area contributed by atoms with Crippen molar-refractivity contribution in [2.75, 3.05) is 25.5 Å². The highest BCUT2D eigenvalue weighted by molar-refractivity contribution is 8.18. The van der Waals surface area contributed by atoms with Gasteiger partial charge in [0.05, 0.1) is 4.91 Å². The molecular formula is C17H19N5OS2. The predicted octanol–water partition coefficient (Wildman–Crippen LogP) is 3.54. The van der Waals surface area contributed by atoms with Crippen molar-refractivity contribution in [1.82, 2.24) is 15.1 Å². The Balaban J connectivity index is 1.87. The van der Waals surface area contributed by atoms with Crippen LogP contribution in [0.1, 0.15) is 17.5 Å². The van der Waals surface area contributed by atoms with Crippen LogP contribution in [0.2, 0.25) is 0 Å². The molecule has 3 rings (SSSR count). The second-order valence-electron chi connectivity index (χ2n) is 5.64. The van der Waals surface area contributed by atoms with Gasteiger partial charge in [-0.3, -0.25) is 9.69 Å². The number of rotatable bonds is 4. The molecule has 0 atom stereocenters. The maximum absolute atomic E-state index is 12.6. The Morgan fingerprint density at radius 3 is 2.52 bits per heavy atom. The minimum absolute atomic E-state index is 0.0239. The molecule has 6 nitrogen and oxygen atoms in total. The lowest BCUT2D eigenvalue weighted by Crippen LogP contribution is -2.28. The number of benzene rings is 1. The molecular weight excluding hydrogens is 354 g/mol. The topological polar surface area (TPSA) is 61.7 Å². The third-order valence-corrected chi connectivity index (χ3v) is 5.36. The lowest BCUT2D eigenvalue weighted by atomic mass is 10.2. The van der Waals surface area contributed by atoms with Gasteiger partial charge in [0.15, 0.2) is 5.17 Å². The van der Waals surface area contributed by atoms with Gasteiger partial charge in [-0.15, -0.1) is 10.2 Å². The fourth-order valence-corrected chi connectivity index (χ4v) is 3.96. The Labute approximate surface area is 155 Å². The number of thioether (sulfide) groups is 1. The second-order valence-corrected chi connectivity index (χ2v) is 7.81. The molecule has 0 unspecified atom stereocenters. The number of nitrogens with zero attached hydrogens (tertiary/aromatic N) is 5. The van der Waals surface area contributed by atoms with E-state index in [4.69, 9.17) is 0 Å². The number of aryl methyl sites for hydroxylation is 1. The summed E-state index contributed by atoms with van der Waals surface area (Å²) >= 11 is 2.79. The van der Waals surface area contributed by atoms with E-state index < -0.39 is 0 Å². The molecule has 1 amide bonds. The molecule has 1 aromatic carbocycles. The molecule has 0 saturated carbocycles. The number of carbonyl (C=O) groups is 1. The lowest BCUT2D eigenvalue weighted by molar-refractivity contribution is -0.122. The van der Waals surface area contributed by atoms with Crippen molar-refractivity contribution in [1.29, 1.82) is 0 Å². The summed E-state index contributed by atoms with van der Waals surface area (Å²) in [6.07, 6.45) is 1.91. The number of aliphatic imine (C=N–C) groups is 1. The molecule has 1 aliphatic heterocycles. The zero-order chi connectivity index (χ0) is 18.0. The molecule has 2 heterocycles. The van der Waals surface area contributed by atoms with Crippen LogP contribution in [0.3, 0.4) is 0 Å². The molecule has 0 N–H and O–H groups in total. The van der Waals surface area contributed by atoms with Gasteiger partial charge in [0.25, 0.3) is 5.91 Å². The first kappa shape index (κ1) is 17.6. The highest BCUT2D eigenvalue weighted by Gasteiger charge is 2.32. The van der Waals surface area contributed by atoms with Gasteiger partial charge >= 0.3 is 0 Å². The summed E-state index contributed by atoms with van der Waals surface area (Å²) in [7, 11) is 4.00. The smallest absolute Gasteiger partial charge is 0.266 e. The van der Waals surface area contributed by atoms with Crippen LogP contribution in [0.4, 0.5) is 10.8 Å². The highest BCUT2D eigenvalue weighted by atomic mass is 32.2. The highest BCUT2D eigenvalue weighted by Crippen LogP contribution is 2.34. The van der Waals surface area contributed by atoms with E-state index in [1.54, 1.807) is 4.90 Å². The van der Waals surface area contributed by atoms with Gasteiger partial charge in [0.2, 0.25) is 5.13 Å². The standard InChI is InChI=1S/C17H19N5OS2/c1-5-22-15(23)14(10-12-6-8-13(9-7-12)21(3)4)25-17(22)18-16-20-19-11(2)24-16/h6-10H,5H2,1-4H3/b14-10-,18-17+. The van der Waals surface area contributed by atoms with E-state index in [0.717, 1.165) is 16.3 Å². The van der Waals surface area contributed by atoms with Gasteiger partial charge in [-0.05, 0) is 49.4 Å². The first-order valence-corrected chi connectivity index (χ1v) is 9.49. The van der Waals surface area contributed by atoms with Crippen molar-refractivity contribution in [3.8, 4) is 0 Å². The summed E-state index contributed by atoms with van der Waals surface area (Å²) in [6, 6.07) is 8.09. The summed E-state index contributed by atoms with van der Waals surface area (Å²) in [4.78, 5) is 21.5. The molecule has 2 aromatic rings. The lowest BCUT2D eigenvalue weighted by Gasteiger charge is -2.12. The summed E-state index contributed by atoms with van der Waals surface area (Å²) in [6.45, 7) is 4.39. The van der Waals surface area contributed by atoms with Crippen LogP contribution >= 0.6 is 23.1 Å². The van der Waals surface area contributed by atoms with Crippen molar-refractivity contribution < 1.29 is 4.79 Å². The van der Waals surface area contributed by atoms with Gasteiger partial charge in [-0.1, -0.05) is 23.5 Å². The minimum Gasteiger partial charge on any atom is -0.378 e. The number of aromatic nitrogens is 2. The maximum atomic E-state index is 12.6. The quantitative estimate of drug-likeness (QED) is 0.767. The Hall–Kier alpha value is -2.19. The van der Waals surface area contributed by atoms with Gasteiger partial charge in [-0.2, -0.15) is 4.99 Å². The Morgan fingerprint density at radius 2 is 1.96 bits per heavy atom. The van der Waals surface area contributed by atoms with E-state index >= 15 is 0 Å². The molecule has 130 valence electrons. The largest absolute Gasteiger partial charge is 0.378 e. The van der Waals surface area contributed by atoms with Gasteiger partial charge in [-0.25, -0.2) is 0 Å². The molecule has 1 saturated heterocycles. The Morgan fingerprint density at radius 1 is 1.24 bits per heavy atom. The van der Waals surface area contributed by atoms with Gasteiger partial charge in [0.1, 0.15) is 5.01 Å².